The number of benzene rings is 1. The van der Waals surface area contributed by atoms with Crippen molar-refractivity contribution in [3.63, 3.8) is 0 Å². The second-order valence-electron chi connectivity index (χ2n) is 3.86. The predicted octanol–water partition coefficient (Wildman–Crippen LogP) is 1.36. The van der Waals surface area contributed by atoms with Crippen LogP contribution in [0.3, 0.4) is 0 Å². The lowest BCUT2D eigenvalue weighted by molar-refractivity contribution is -0.384. The van der Waals surface area contributed by atoms with Gasteiger partial charge in [-0.25, -0.2) is 0 Å². The number of para-hydroxylation sites is 1. The number of hydrogen-bond acceptors (Lipinski definition) is 6. The number of carbonyl (C=O) groups excluding carboxylic acids is 1. The number of rotatable bonds is 6. The third-order valence-corrected chi connectivity index (χ3v) is 3.54. The summed E-state index contributed by atoms with van der Waals surface area (Å²) in [7, 11) is 0. The third-order valence-electron chi connectivity index (χ3n) is 2.57. The highest BCUT2D eigenvalue weighted by Gasteiger charge is 2.24. The number of anilines is 1. The molecule has 0 bridgehead atoms. The predicted molar refractivity (Wildman–Crippen MR) is 76.2 cm³/mol. The van der Waals surface area contributed by atoms with E-state index in [0.717, 1.165) is 0 Å². The molecule has 0 aliphatic heterocycles. The van der Waals surface area contributed by atoms with E-state index in [0.29, 0.717) is 6.54 Å². The molecule has 1 amide bonds. The van der Waals surface area contributed by atoms with Crippen LogP contribution in [0.5, 0.6) is 0 Å². The molecule has 0 aromatic heterocycles. The first-order valence-electron chi connectivity index (χ1n) is 5.56. The van der Waals surface area contributed by atoms with Crippen molar-refractivity contribution >= 4 is 29.0 Å². The minimum absolute atomic E-state index is 0.00578. The molecular weight excluding hydrogens is 268 g/mol. The van der Waals surface area contributed by atoms with E-state index in [1.54, 1.807) is 11.8 Å². The van der Waals surface area contributed by atoms with Gasteiger partial charge in [-0.3, -0.25) is 20.8 Å². The normalized spacial score (nSPS) is 11.7. The molecular formula is C11H16N4O3S. The molecule has 104 valence electrons. The smallest absolute Gasteiger partial charge is 0.306 e. The van der Waals surface area contributed by atoms with E-state index in [1.165, 1.54) is 18.2 Å². The molecule has 0 aliphatic rings. The van der Waals surface area contributed by atoms with Crippen LogP contribution in [0.1, 0.15) is 17.3 Å². The quantitative estimate of drug-likeness (QED) is 0.413. The molecule has 1 aromatic carbocycles. The van der Waals surface area contributed by atoms with Gasteiger partial charge in [0.15, 0.2) is 0 Å². The molecule has 0 aliphatic carbocycles. The maximum absolute atomic E-state index is 12.0. The number of nitrogens with one attached hydrogen (secondary N) is 2. The summed E-state index contributed by atoms with van der Waals surface area (Å²) in [5.74, 6) is 4.73. The van der Waals surface area contributed by atoms with Crippen LogP contribution >= 0.6 is 11.8 Å². The molecule has 0 fully saturated rings. The van der Waals surface area contributed by atoms with Crippen LogP contribution < -0.4 is 16.6 Å². The second kappa shape index (κ2) is 6.95. The van der Waals surface area contributed by atoms with Crippen LogP contribution in [-0.4, -0.2) is 28.9 Å². The molecule has 0 saturated carbocycles. The topological polar surface area (TPSA) is 110 Å². The fourth-order valence-corrected chi connectivity index (χ4v) is 1.70. The summed E-state index contributed by atoms with van der Waals surface area (Å²) >= 11 is 1.60. The highest BCUT2D eigenvalue weighted by molar-refractivity contribution is 7.99. The van der Waals surface area contributed by atoms with Gasteiger partial charge in [0.2, 0.25) is 0 Å². The van der Waals surface area contributed by atoms with Crippen LogP contribution in [0.25, 0.3) is 0 Å². The third kappa shape index (κ3) is 3.83. The zero-order chi connectivity index (χ0) is 14.4. The van der Waals surface area contributed by atoms with Gasteiger partial charge in [-0.2, -0.15) is 11.8 Å². The number of nitrogen functional groups attached to an aromatic ring is 1. The van der Waals surface area contributed by atoms with Crippen molar-refractivity contribution in [2.45, 2.75) is 12.2 Å². The van der Waals surface area contributed by atoms with Gasteiger partial charge in [0.05, 0.1) is 4.92 Å². The van der Waals surface area contributed by atoms with Crippen molar-refractivity contribution in [2.75, 3.05) is 18.2 Å². The van der Waals surface area contributed by atoms with Crippen molar-refractivity contribution in [1.82, 2.24) is 5.32 Å². The highest BCUT2D eigenvalue weighted by Crippen LogP contribution is 2.27. The first-order chi connectivity index (χ1) is 9.01. The van der Waals surface area contributed by atoms with Gasteiger partial charge in [-0.15, -0.1) is 0 Å². The van der Waals surface area contributed by atoms with E-state index in [-0.39, 0.29) is 22.2 Å². The van der Waals surface area contributed by atoms with E-state index in [2.05, 4.69) is 10.7 Å². The average Bonchev–Trinajstić information content (AvgIpc) is 2.42. The van der Waals surface area contributed by atoms with Crippen LogP contribution in [0.4, 0.5) is 11.4 Å². The minimum Gasteiger partial charge on any atom is -0.351 e. The first kappa shape index (κ1) is 15.3. The van der Waals surface area contributed by atoms with Gasteiger partial charge < -0.3 is 10.7 Å². The van der Waals surface area contributed by atoms with Gasteiger partial charge in [-0.05, 0) is 18.4 Å². The Labute approximate surface area is 115 Å². The summed E-state index contributed by atoms with van der Waals surface area (Å²) in [5.41, 5.74) is 2.00. The summed E-state index contributed by atoms with van der Waals surface area (Å²) in [5, 5.41) is 13.9. The molecule has 1 aromatic rings. The van der Waals surface area contributed by atoms with Gasteiger partial charge in [0.25, 0.3) is 5.91 Å². The number of thioether (sulfide) groups is 1. The lowest BCUT2D eigenvalue weighted by Gasteiger charge is -2.11. The van der Waals surface area contributed by atoms with E-state index in [4.69, 9.17) is 5.84 Å². The first-order valence-corrected chi connectivity index (χ1v) is 6.85. The van der Waals surface area contributed by atoms with E-state index in [9.17, 15) is 14.9 Å². The van der Waals surface area contributed by atoms with Crippen LogP contribution in [0, 0.1) is 10.1 Å². The van der Waals surface area contributed by atoms with Crippen molar-refractivity contribution in [1.29, 1.82) is 0 Å². The lowest BCUT2D eigenvalue weighted by atomic mass is 10.1. The summed E-state index contributed by atoms with van der Waals surface area (Å²) in [6.45, 7) is 2.40. The SMILES string of the molecule is CSC(C)CNC(=O)c1cccc(NN)c1[N+](=O)[O-]. The van der Waals surface area contributed by atoms with Crippen molar-refractivity contribution in [2.24, 2.45) is 5.84 Å². The Kier molecular flexibility index (Phi) is 5.58. The van der Waals surface area contributed by atoms with Crippen LogP contribution in [0.15, 0.2) is 18.2 Å². The largest absolute Gasteiger partial charge is 0.351 e. The maximum atomic E-state index is 12.0. The number of nitro benzene ring substituents is 1. The summed E-state index contributed by atoms with van der Waals surface area (Å²) in [4.78, 5) is 22.4. The summed E-state index contributed by atoms with van der Waals surface area (Å²) in [6, 6.07) is 4.38. The molecule has 1 rings (SSSR count). The van der Waals surface area contributed by atoms with Crippen LogP contribution in [-0.2, 0) is 0 Å². The highest BCUT2D eigenvalue weighted by atomic mass is 32.2. The van der Waals surface area contributed by atoms with E-state index >= 15 is 0 Å². The Morgan fingerprint density at radius 3 is 2.79 bits per heavy atom. The average molecular weight is 284 g/mol. The van der Waals surface area contributed by atoms with Crippen molar-refractivity contribution in [3.05, 3.63) is 33.9 Å². The van der Waals surface area contributed by atoms with Gasteiger partial charge in [0, 0.05) is 11.8 Å². The number of carbonyl (C=O) groups is 1. The molecule has 19 heavy (non-hydrogen) atoms. The van der Waals surface area contributed by atoms with Crippen molar-refractivity contribution in [3.8, 4) is 0 Å². The zero-order valence-electron chi connectivity index (χ0n) is 10.7. The molecule has 0 saturated heterocycles. The number of amides is 1. The monoisotopic (exact) mass is 284 g/mol. The van der Waals surface area contributed by atoms with E-state index in [1.807, 2.05) is 13.2 Å². The molecule has 1 atom stereocenters. The van der Waals surface area contributed by atoms with Gasteiger partial charge >= 0.3 is 5.69 Å². The maximum Gasteiger partial charge on any atom is 0.306 e. The molecule has 4 N–H and O–H groups in total. The molecule has 8 heteroatoms. The second-order valence-corrected chi connectivity index (χ2v) is 5.14. The summed E-state index contributed by atoms with van der Waals surface area (Å²) in [6.07, 6.45) is 1.93. The number of nitrogens with zero attached hydrogens (tertiary/aromatic N) is 1. The van der Waals surface area contributed by atoms with Gasteiger partial charge in [-0.1, -0.05) is 13.0 Å². The minimum atomic E-state index is -0.623. The Balaban J connectivity index is 2.99. The number of nitro groups is 1. The number of hydrogen-bond donors (Lipinski definition) is 3. The van der Waals surface area contributed by atoms with Crippen LogP contribution in [0.2, 0.25) is 0 Å². The van der Waals surface area contributed by atoms with E-state index < -0.39 is 10.8 Å². The Bertz CT molecular complexity index is 481. The number of nitrogens with two attached hydrogens (primary N) is 1. The fourth-order valence-electron chi connectivity index (χ4n) is 1.45. The Hall–Kier alpha value is -1.80. The molecule has 0 spiro atoms. The van der Waals surface area contributed by atoms with Crippen molar-refractivity contribution < 1.29 is 9.72 Å². The lowest BCUT2D eigenvalue weighted by Crippen LogP contribution is -2.30. The fraction of sp³-hybridized carbons (Fsp3) is 0.364. The zero-order valence-corrected chi connectivity index (χ0v) is 11.5. The molecule has 0 radical (unpaired) electrons. The Morgan fingerprint density at radius 2 is 2.26 bits per heavy atom. The number of hydrazine groups is 1. The van der Waals surface area contributed by atoms with Gasteiger partial charge in [0.1, 0.15) is 11.3 Å². The molecule has 0 heterocycles. The molecule has 1 unspecified atom stereocenters. The Morgan fingerprint density at radius 1 is 1.58 bits per heavy atom. The summed E-state index contributed by atoms with van der Waals surface area (Å²) < 4.78 is 0. The molecule has 7 nitrogen and oxygen atoms in total. The standard InChI is InChI=1S/C11H16N4O3S/c1-7(19-2)6-13-11(16)8-4-3-5-9(14-12)10(8)15(17)18/h3-5,7,14H,6,12H2,1-2H3,(H,13,16).